The minimum absolute atomic E-state index is 0.912. The zero-order valence-corrected chi connectivity index (χ0v) is 22.9. The van der Waals surface area contributed by atoms with Gasteiger partial charge in [-0.2, -0.15) is 0 Å². The van der Waals surface area contributed by atoms with Gasteiger partial charge in [0.15, 0.2) is 0 Å². The molecule has 1 heterocycles. The molecule has 8 rings (SSSR count). The maximum absolute atomic E-state index is 6.42. The summed E-state index contributed by atoms with van der Waals surface area (Å²) in [4.78, 5) is 2.32. The molecule has 0 radical (unpaired) electrons. The van der Waals surface area contributed by atoms with Gasteiger partial charge in [-0.25, -0.2) is 0 Å². The van der Waals surface area contributed by atoms with Crippen molar-refractivity contribution < 1.29 is 4.42 Å². The largest absolute Gasteiger partial charge is 0.455 e. The third-order valence-corrected chi connectivity index (χ3v) is 8.07. The first-order valence-electron chi connectivity index (χ1n) is 14.3. The van der Waals surface area contributed by atoms with E-state index in [0.29, 0.717) is 0 Å². The Kier molecular flexibility index (Phi) is 5.82. The van der Waals surface area contributed by atoms with Crippen LogP contribution < -0.4 is 4.90 Å². The Bertz CT molecular complexity index is 2080. The molecule has 42 heavy (non-hydrogen) atoms. The molecule has 0 saturated heterocycles. The van der Waals surface area contributed by atoms with Crippen LogP contribution in [0.15, 0.2) is 168 Å². The molecule has 0 amide bonds. The standard InChI is InChI=1S/C40H27NO/c1-3-9-28(10-4-1)30-15-21-33(22-16-30)41(34-23-17-31(18-24-34)29-11-5-2-6-12-29)35-25-19-32-20-26-37-36-13-7-8-14-39(36)42-40(37)38(32)27-35/h1-27H. The lowest BCUT2D eigenvalue weighted by Crippen LogP contribution is -2.09. The van der Waals surface area contributed by atoms with Crippen LogP contribution >= 0.6 is 0 Å². The summed E-state index contributed by atoms with van der Waals surface area (Å²) in [6.07, 6.45) is 0. The van der Waals surface area contributed by atoms with Crippen molar-refractivity contribution >= 4 is 49.8 Å². The summed E-state index contributed by atoms with van der Waals surface area (Å²) in [5.74, 6) is 0. The molecule has 2 heteroatoms. The Labute approximate surface area is 244 Å². The van der Waals surface area contributed by atoms with Gasteiger partial charge in [0.25, 0.3) is 0 Å². The highest BCUT2D eigenvalue weighted by molar-refractivity contribution is 6.15. The molecule has 0 fully saturated rings. The lowest BCUT2D eigenvalue weighted by Gasteiger charge is -2.26. The number of fused-ring (bicyclic) bond motifs is 5. The highest BCUT2D eigenvalue weighted by Gasteiger charge is 2.16. The van der Waals surface area contributed by atoms with E-state index >= 15 is 0 Å². The number of anilines is 3. The van der Waals surface area contributed by atoms with Crippen LogP contribution in [0, 0.1) is 0 Å². The Balaban J connectivity index is 1.28. The van der Waals surface area contributed by atoms with Gasteiger partial charge in [0.1, 0.15) is 11.2 Å². The SMILES string of the molecule is c1ccc(-c2ccc(N(c3ccc(-c4ccccc4)cc3)c3ccc4ccc5c6ccccc6oc5c4c3)cc2)cc1. The van der Waals surface area contributed by atoms with E-state index in [4.69, 9.17) is 4.42 Å². The van der Waals surface area contributed by atoms with Crippen LogP contribution in [0.25, 0.3) is 55.0 Å². The number of nitrogens with zero attached hydrogens (tertiary/aromatic N) is 1. The summed E-state index contributed by atoms with van der Waals surface area (Å²) < 4.78 is 6.42. The molecule has 0 bridgehead atoms. The average Bonchev–Trinajstić information content (AvgIpc) is 3.46. The quantitative estimate of drug-likeness (QED) is 0.217. The second-order valence-corrected chi connectivity index (χ2v) is 10.6. The molecule has 8 aromatic rings. The Morgan fingerprint density at radius 1 is 0.357 bits per heavy atom. The first kappa shape index (κ1) is 24.2. The summed E-state index contributed by atoms with van der Waals surface area (Å²) >= 11 is 0. The van der Waals surface area contributed by atoms with E-state index in [1.54, 1.807) is 0 Å². The molecule has 0 aliphatic rings. The minimum Gasteiger partial charge on any atom is -0.455 e. The summed E-state index contributed by atoms with van der Waals surface area (Å²) in [5.41, 5.74) is 9.92. The van der Waals surface area contributed by atoms with Gasteiger partial charge in [-0.05, 0) is 76.2 Å². The van der Waals surface area contributed by atoms with Gasteiger partial charge < -0.3 is 9.32 Å². The molecule has 1 aromatic heterocycles. The maximum atomic E-state index is 6.42. The maximum Gasteiger partial charge on any atom is 0.143 e. The Morgan fingerprint density at radius 3 is 1.48 bits per heavy atom. The van der Waals surface area contributed by atoms with E-state index in [2.05, 4.69) is 157 Å². The van der Waals surface area contributed by atoms with Crippen LogP contribution in [0.1, 0.15) is 0 Å². The van der Waals surface area contributed by atoms with Crippen LogP contribution in [0.3, 0.4) is 0 Å². The van der Waals surface area contributed by atoms with Gasteiger partial charge in [0.2, 0.25) is 0 Å². The van der Waals surface area contributed by atoms with Crippen molar-refractivity contribution in [3.8, 4) is 22.3 Å². The van der Waals surface area contributed by atoms with Crippen molar-refractivity contribution in [2.75, 3.05) is 4.90 Å². The van der Waals surface area contributed by atoms with E-state index < -0.39 is 0 Å². The number of benzene rings is 7. The predicted octanol–water partition coefficient (Wildman–Crippen LogP) is 11.5. The van der Waals surface area contributed by atoms with E-state index in [1.807, 2.05) is 12.1 Å². The number of furan rings is 1. The number of hydrogen-bond acceptors (Lipinski definition) is 2. The third kappa shape index (κ3) is 4.22. The molecular weight excluding hydrogens is 510 g/mol. The monoisotopic (exact) mass is 537 g/mol. The van der Waals surface area contributed by atoms with Crippen molar-refractivity contribution in [1.29, 1.82) is 0 Å². The molecule has 2 nitrogen and oxygen atoms in total. The van der Waals surface area contributed by atoms with Crippen molar-refractivity contribution in [1.82, 2.24) is 0 Å². The second kappa shape index (κ2) is 10.1. The van der Waals surface area contributed by atoms with Crippen molar-refractivity contribution in [3.63, 3.8) is 0 Å². The number of para-hydroxylation sites is 1. The molecule has 0 spiro atoms. The Hall–Kier alpha value is -5.60. The minimum atomic E-state index is 0.912. The van der Waals surface area contributed by atoms with Crippen LogP contribution in [0.4, 0.5) is 17.1 Å². The third-order valence-electron chi connectivity index (χ3n) is 8.07. The zero-order chi connectivity index (χ0) is 27.9. The fourth-order valence-corrected chi connectivity index (χ4v) is 5.94. The molecular formula is C40H27NO. The molecule has 0 aliphatic heterocycles. The fourth-order valence-electron chi connectivity index (χ4n) is 5.94. The molecule has 0 aliphatic carbocycles. The normalized spacial score (nSPS) is 11.3. The van der Waals surface area contributed by atoms with E-state index in [0.717, 1.165) is 49.8 Å². The van der Waals surface area contributed by atoms with Crippen molar-refractivity contribution in [2.24, 2.45) is 0 Å². The first-order valence-corrected chi connectivity index (χ1v) is 14.3. The van der Waals surface area contributed by atoms with E-state index in [9.17, 15) is 0 Å². The predicted molar refractivity (Wildman–Crippen MR) is 177 cm³/mol. The summed E-state index contributed by atoms with van der Waals surface area (Å²) in [6.45, 7) is 0. The molecule has 7 aromatic carbocycles. The van der Waals surface area contributed by atoms with Crippen LogP contribution in [0.5, 0.6) is 0 Å². The van der Waals surface area contributed by atoms with Crippen molar-refractivity contribution in [2.45, 2.75) is 0 Å². The fraction of sp³-hybridized carbons (Fsp3) is 0. The first-order chi connectivity index (χ1) is 20.8. The van der Waals surface area contributed by atoms with E-state index in [-0.39, 0.29) is 0 Å². The highest BCUT2D eigenvalue weighted by atomic mass is 16.3. The summed E-state index contributed by atoms with van der Waals surface area (Å²) in [7, 11) is 0. The molecule has 0 saturated carbocycles. The summed E-state index contributed by atoms with van der Waals surface area (Å²) in [5, 5.41) is 4.54. The second-order valence-electron chi connectivity index (χ2n) is 10.6. The van der Waals surface area contributed by atoms with Gasteiger partial charge in [-0.15, -0.1) is 0 Å². The smallest absolute Gasteiger partial charge is 0.143 e. The molecule has 198 valence electrons. The van der Waals surface area contributed by atoms with Gasteiger partial charge in [0, 0.05) is 33.2 Å². The van der Waals surface area contributed by atoms with Crippen molar-refractivity contribution in [3.05, 3.63) is 164 Å². The van der Waals surface area contributed by atoms with Gasteiger partial charge in [-0.3, -0.25) is 0 Å². The van der Waals surface area contributed by atoms with Crippen LogP contribution in [0.2, 0.25) is 0 Å². The molecule has 0 atom stereocenters. The van der Waals surface area contributed by atoms with Gasteiger partial charge in [0.05, 0.1) is 0 Å². The molecule has 0 unspecified atom stereocenters. The topological polar surface area (TPSA) is 16.4 Å². The lowest BCUT2D eigenvalue weighted by atomic mass is 10.0. The van der Waals surface area contributed by atoms with Gasteiger partial charge in [-0.1, -0.05) is 115 Å². The van der Waals surface area contributed by atoms with Gasteiger partial charge >= 0.3 is 0 Å². The van der Waals surface area contributed by atoms with Crippen LogP contribution in [-0.4, -0.2) is 0 Å². The number of hydrogen-bond donors (Lipinski definition) is 0. The average molecular weight is 538 g/mol. The molecule has 0 N–H and O–H groups in total. The Morgan fingerprint density at radius 2 is 0.857 bits per heavy atom. The van der Waals surface area contributed by atoms with E-state index in [1.165, 1.54) is 22.3 Å². The zero-order valence-electron chi connectivity index (χ0n) is 22.9. The summed E-state index contributed by atoms with van der Waals surface area (Å²) in [6, 6.07) is 58.0. The lowest BCUT2D eigenvalue weighted by molar-refractivity contribution is 0.672. The van der Waals surface area contributed by atoms with Crippen LogP contribution in [-0.2, 0) is 0 Å². The highest BCUT2D eigenvalue weighted by Crippen LogP contribution is 2.40. The number of rotatable bonds is 5.